The predicted molar refractivity (Wildman–Crippen MR) is 64.1 cm³/mol. The minimum atomic E-state index is -0.403. The molecule has 0 aliphatic carbocycles. The first-order valence-corrected chi connectivity index (χ1v) is 5.40. The molecule has 1 heterocycles. The van der Waals surface area contributed by atoms with Crippen LogP contribution in [0.1, 0.15) is 31.4 Å². The average molecular weight is 234 g/mol. The number of non-ortho nitro benzene ring substituents is 1. The van der Waals surface area contributed by atoms with Gasteiger partial charge in [-0.3, -0.25) is 14.9 Å². The molecule has 0 bridgehead atoms. The number of nitro benzene ring substituents is 1. The minimum Gasteiger partial charge on any atom is -0.326 e. The van der Waals surface area contributed by atoms with E-state index in [9.17, 15) is 14.9 Å². The van der Waals surface area contributed by atoms with Gasteiger partial charge in [0.05, 0.1) is 4.92 Å². The molecule has 1 aromatic rings. The molecule has 1 N–H and O–H groups in total. The topological polar surface area (TPSA) is 72.2 Å². The second-order valence-corrected chi connectivity index (χ2v) is 5.05. The predicted octanol–water partition coefficient (Wildman–Crippen LogP) is 2.52. The van der Waals surface area contributed by atoms with Gasteiger partial charge in [0.2, 0.25) is 5.91 Å². The summed E-state index contributed by atoms with van der Waals surface area (Å²) in [5, 5.41) is 13.6. The molecule has 0 aromatic heterocycles. The molecule has 0 saturated heterocycles. The summed E-state index contributed by atoms with van der Waals surface area (Å²) in [6.07, 6.45) is 0.348. The second-order valence-electron chi connectivity index (χ2n) is 5.05. The van der Waals surface area contributed by atoms with Crippen LogP contribution in [0.4, 0.5) is 11.4 Å². The standard InChI is InChI=1S/C12H14N2O3/c1-7-4-8(14(16)17)5-9-11(7)13-10(15)6-12(9,2)3/h4-5H,6H2,1-3H3,(H,13,15). The number of anilines is 1. The Labute approximate surface area is 99.0 Å². The van der Waals surface area contributed by atoms with Gasteiger partial charge in [-0.05, 0) is 18.1 Å². The fourth-order valence-corrected chi connectivity index (χ4v) is 2.25. The van der Waals surface area contributed by atoms with E-state index in [0.717, 1.165) is 16.8 Å². The molecule has 0 unspecified atom stereocenters. The zero-order valence-electron chi connectivity index (χ0n) is 10.0. The Bertz CT molecular complexity index is 521. The van der Waals surface area contributed by atoms with E-state index in [1.807, 2.05) is 13.8 Å². The number of rotatable bonds is 1. The van der Waals surface area contributed by atoms with Crippen molar-refractivity contribution in [2.45, 2.75) is 32.6 Å². The van der Waals surface area contributed by atoms with E-state index in [2.05, 4.69) is 5.32 Å². The van der Waals surface area contributed by atoms with Crippen molar-refractivity contribution >= 4 is 17.3 Å². The number of fused-ring (bicyclic) bond motifs is 1. The normalized spacial score (nSPS) is 17.2. The summed E-state index contributed by atoms with van der Waals surface area (Å²) in [6, 6.07) is 3.04. The van der Waals surface area contributed by atoms with Gasteiger partial charge >= 0.3 is 0 Å². The molecule has 1 aromatic carbocycles. The number of hydrogen-bond acceptors (Lipinski definition) is 3. The highest BCUT2D eigenvalue weighted by Gasteiger charge is 2.34. The number of aryl methyl sites for hydroxylation is 1. The van der Waals surface area contributed by atoms with E-state index in [0.29, 0.717) is 6.42 Å². The third-order valence-corrected chi connectivity index (χ3v) is 3.13. The van der Waals surface area contributed by atoms with Gasteiger partial charge in [-0.15, -0.1) is 0 Å². The highest BCUT2D eigenvalue weighted by atomic mass is 16.6. The van der Waals surface area contributed by atoms with Crippen LogP contribution in [0, 0.1) is 17.0 Å². The van der Waals surface area contributed by atoms with Gasteiger partial charge < -0.3 is 5.32 Å². The van der Waals surface area contributed by atoms with Gasteiger partial charge in [-0.25, -0.2) is 0 Å². The molecule has 0 atom stereocenters. The van der Waals surface area contributed by atoms with Crippen LogP contribution in [0.5, 0.6) is 0 Å². The lowest BCUT2D eigenvalue weighted by Crippen LogP contribution is -2.33. The molecule has 0 fully saturated rings. The van der Waals surface area contributed by atoms with E-state index in [4.69, 9.17) is 0 Å². The van der Waals surface area contributed by atoms with Gasteiger partial charge in [0.25, 0.3) is 5.69 Å². The Kier molecular flexibility index (Phi) is 2.41. The second kappa shape index (κ2) is 3.55. The maximum atomic E-state index is 11.6. The summed E-state index contributed by atoms with van der Waals surface area (Å²) in [6.45, 7) is 5.62. The van der Waals surface area contributed by atoms with Crippen LogP contribution in [-0.4, -0.2) is 10.8 Å². The maximum absolute atomic E-state index is 11.6. The molecular formula is C12H14N2O3. The third-order valence-electron chi connectivity index (χ3n) is 3.13. The third kappa shape index (κ3) is 1.88. The van der Waals surface area contributed by atoms with E-state index >= 15 is 0 Å². The zero-order valence-corrected chi connectivity index (χ0v) is 10.0. The molecule has 1 aliphatic rings. The molecule has 17 heavy (non-hydrogen) atoms. The molecular weight excluding hydrogens is 220 g/mol. The van der Waals surface area contributed by atoms with Crippen molar-refractivity contribution in [3.05, 3.63) is 33.4 Å². The highest BCUT2D eigenvalue weighted by Crippen LogP contribution is 2.40. The molecule has 2 rings (SSSR count). The number of benzene rings is 1. The molecule has 1 aliphatic heterocycles. The van der Waals surface area contributed by atoms with Crippen molar-refractivity contribution in [1.29, 1.82) is 0 Å². The summed E-state index contributed by atoms with van der Waals surface area (Å²) < 4.78 is 0. The summed E-state index contributed by atoms with van der Waals surface area (Å²) in [5.74, 6) is -0.0422. The van der Waals surface area contributed by atoms with Crippen molar-refractivity contribution < 1.29 is 9.72 Å². The van der Waals surface area contributed by atoms with Crippen LogP contribution in [0.2, 0.25) is 0 Å². The van der Waals surface area contributed by atoms with Gasteiger partial charge in [-0.2, -0.15) is 0 Å². The Balaban J connectivity index is 2.67. The van der Waals surface area contributed by atoms with E-state index in [-0.39, 0.29) is 17.0 Å². The number of nitro groups is 1. The monoisotopic (exact) mass is 234 g/mol. The lowest BCUT2D eigenvalue weighted by atomic mass is 9.77. The molecule has 0 spiro atoms. The zero-order chi connectivity index (χ0) is 12.8. The Morgan fingerprint density at radius 1 is 1.41 bits per heavy atom. The van der Waals surface area contributed by atoms with Crippen LogP contribution in [0.15, 0.2) is 12.1 Å². The quantitative estimate of drug-likeness (QED) is 0.599. The summed E-state index contributed by atoms with van der Waals surface area (Å²) in [4.78, 5) is 22.0. The minimum absolute atomic E-state index is 0.0422. The molecule has 5 nitrogen and oxygen atoms in total. The summed E-state index contributed by atoms with van der Waals surface area (Å²) in [7, 11) is 0. The number of carbonyl (C=O) groups is 1. The highest BCUT2D eigenvalue weighted by molar-refractivity contribution is 5.96. The maximum Gasteiger partial charge on any atom is 0.270 e. The summed E-state index contributed by atoms with van der Waals surface area (Å²) >= 11 is 0. The Morgan fingerprint density at radius 2 is 2.06 bits per heavy atom. The van der Waals surface area contributed by atoms with Gasteiger partial charge in [0.1, 0.15) is 0 Å². The lowest BCUT2D eigenvalue weighted by molar-refractivity contribution is -0.385. The van der Waals surface area contributed by atoms with Crippen LogP contribution in [0.25, 0.3) is 0 Å². The van der Waals surface area contributed by atoms with Crippen LogP contribution in [-0.2, 0) is 10.2 Å². The van der Waals surface area contributed by atoms with E-state index in [1.54, 1.807) is 13.0 Å². The van der Waals surface area contributed by atoms with Crippen molar-refractivity contribution in [2.75, 3.05) is 5.32 Å². The molecule has 1 amide bonds. The number of nitrogens with zero attached hydrogens (tertiary/aromatic N) is 1. The molecule has 90 valence electrons. The van der Waals surface area contributed by atoms with Crippen LogP contribution in [0.3, 0.4) is 0 Å². The molecule has 0 saturated carbocycles. The van der Waals surface area contributed by atoms with Crippen molar-refractivity contribution in [2.24, 2.45) is 0 Å². The fourth-order valence-electron chi connectivity index (χ4n) is 2.25. The fraction of sp³-hybridized carbons (Fsp3) is 0.417. The van der Waals surface area contributed by atoms with Crippen molar-refractivity contribution in [3.63, 3.8) is 0 Å². The Morgan fingerprint density at radius 3 is 2.65 bits per heavy atom. The van der Waals surface area contributed by atoms with Gasteiger partial charge in [0.15, 0.2) is 0 Å². The van der Waals surface area contributed by atoms with Crippen molar-refractivity contribution in [3.8, 4) is 0 Å². The van der Waals surface area contributed by atoms with Crippen molar-refractivity contribution in [1.82, 2.24) is 0 Å². The molecule has 0 radical (unpaired) electrons. The average Bonchev–Trinajstić information content (AvgIpc) is 2.17. The first-order chi connectivity index (χ1) is 7.81. The number of amides is 1. The number of nitrogens with one attached hydrogen (secondary N) is 1. The Hall–Kier alpha value is -1.91. The lowest BCUT2D eigenvalue weighted by Gasteiger charge is -2.32. The van der Waals surface area contributed by atoms with Crippen LogP contribution >= 0.6 is 0 Å². The van der Waals surface area contributed by atoms with E-state index in [1.165, 1.54) is 6.07 Å². The largest absolute Gasteiger partial charge is 0.326 e. The van der Waals surface area contributed by atoms with E-state index < -0.39 is 4.92 Å². The molecule has 5 heteroatoms. The summed E-state index contributed by atoms with van der Waals surface area (Å²) in [5.41, 5.74) is 2.00. The smallest absolute Gasteiger partial charge is 0.270 e. The first kappa shape index (κ1) is 11.6. The van der Waals surface area contributed by atoms with Gasteiger partial charge in [0, 0.05) is 29.7 Å². The van der Waals surface area contributed by atoms with Crippen LogP contribution < -0.4 is 5.32 Å². The SMILES string of the molecule is Cc1cc([N+](=O)[O-])cc2c1NC(=O)CC2(C)C. The number of hydrogen-bond donors (Lipinski definition) is 1. The number of carbonyl (C=O) groups excluding carboxylic acids is 1. The van der Waals surface area contributed by atoms with Gasteiger partial charge in [-0.1, -0.05) is 13.8 Å². The first-order valence-electron chi connectivity index (χ1n) is 5.40.